The van der Waals surface area contributed by atoms with Crippen LogP contribution in [-0.2, 0) is 16.4 Å². The molecule has 1 saturated heterocycles. The molecule has 1 aromatic heterocycles. The molecule has 2 rings (SSSR count). The fourth-order valence-corrected chi connectivity index (χ4v) is 5.35. The van der Waals surface area contributed by atoms with Gasteiger partial charge in [0.05, 0.1) is 17.0 Å². The second kappa shape index (κ2) is 8.55. The van der Waals surface area contributed by atoms with Crippen molar-refractivity contribution in [2.24, 2.45) is 11.8 Å². The highest BCUT2D eigenvalue weighted by Gasteiger charge is 2.21. The van der Waals surface area contributed by atoms with E-state index in [4.69, 9.17) is 0 Å². The highest BCUT2D eigenvalue weighted by molar-refractivity contribution is 7.89. The number of aryl methyl sites for hydroxylation is 2. The number of nitrogens with one attached hydrogen (secondary N) is 1. The van der Waals surface area contributed by atoms with Crippen LogP contribution in [0.2, 0.25) is 0 Å². The lowest BCUT2D eigenvalue weighted by Gasteiger charge is -2.34. The Morgan fingerprint density at radius 3 is 2.65 bits per heavy atom. The molecular weight excluding hydrogens is 330 g/mol. The fraction of sp³-hybridized carbons (Fsp3) is 0.812. The van der Waals surface area contributed by atoms with Crippen molar-refractivity contribution in [1.82, 2.24) is 14.6 Å². The van der Waals surface area contributed by atoms with Gasteiger partial charge in [0.2, 0.25) is 10.0 Å². The number of sulfonamides is 1. The van der Waals surface area contributed by atoms with E-state index in [-0.39, 0.29) is 5.75 Å². The van der Waals surface area contributed by atoms with E-state index in [0.29, 0.717) is 13.0 Å². The van der Waals surface area contributed by atoms with Gasteiger partial charge in [-0.05, 0) is 44.6 Å². The summed E-state index contributed by atoms with van der Waals surface area (Å²) in [6.45, 7) is 10.3. The molecule has 1 aliphatic rings. The van der Waals surface area contributed by atoms with E-state index in [0.717, 1.165) is 48.5 Å². The minimum absolute atomic E-state index is 0.147. The highest BCUT2D eigenvalue weighted by Crippen LogP contribution is 2.20. The Hall–Kier alpha value is -0.500. The van der Waals surface area contributed by atoms with Crippen LogP contribution in [0.25, 0.3) is 0 Å². The van der Waals surface area contributed by atoms with Crippen LogP contribution in [0, 0.1) is 18.8 Å². The zero-order valence-electron chi connectivity index (χ0n) is 14.4. The normalized spacial score (nSPS) is 23.3. The molecule has 0 spiro atoms. The molecule has 7 heteroatoms. The first-order chi connectivity index (χ1) is 10.9. The molecule has 1 fully saturated rings. The monoisotopic (exact) mass is 359 g/mol. The molecule has 0 radical (unpaired) electrons. The molecule has 1 aromatic rings. The lowest BCUT2D eigenvalue weighted by Crippen LogP contribution is -2.40. The van der Waals surface area contributed by atoms with Crippen molar-refractivity contribution in [3.05, 3.63) is 16.1 Å². The number of likely N-dealkylation sites (tertiary alicyclic amines) is 1. The van der Waals surface area contributed by atoms with Crippen molar-refractivity contribution in [2.75, 3.05) is 31.9 Å². The quantitative estimate of drug-likeness (QED) is 0.724. The predicted octanol–water partition coefficient (Wildman–Crippen LogP) is 2.28. The van der Waals surface area contributed by atoms with Crippen molar-refractivity contribution in [1.29, 1.82) is 0 Å². The largest absolute Gasteiger partial charge is 0.303 e. The van der Waals surface area contributed by atoms with Crippen LogP contribution in [0.3, 0.4) is 0 Å². The van der Waals surface area contributed by atoms with E-state index in [1.165, 1.54) is 17.8 Å². The third-order valence-electron chi connectivity index (χ3n) is 4.36. The summed E-state index contributed by atoms with van der Waals surface area (Å²) < 4.78 is 26.8. The van der Waals surface area contributed by atoms with Crippen LogP contribution in [-0.4, -0.2) is 50.2 Å². The molecule has 5 nitrogen and oxygen atoms in total. The van der Waals surface area contributed by atoms with Crippen LogP contribution < -0.4 is 4.72 Å². The van der Waals surface area contributed by atoms with Gasteiger partial charge in [-0.2, -0.15) is 0 Å². The Morgan fingerprint density at radius 2 is 2.04 bits per heavy atom. The molecule has 0 bridgehead atoms. The first kappa shape index (κ1) is 18.8. The van der Waals surface area contributed by atoms with Crippen LogP contribution >= 0.6 is 11.3 Å². The summed E-state index contributed by atoms with van der Waals surface area (Å²) in [4.78, 5) is 7.68. The molecule has 2 unspecified atom stereocenters. The van der Waals surface area contributed by atoms with Crippen molar-refractivity contribution in [2.45, 2.75) is 40.0 Å². The van der Waals surface area contributed by atoms with E-state index in [2.05, 4.69) is 28.5 Å². The first-order valence-electron chi connectivity index (χ1n) is 8.44. The number of rotatable bonds is 8. The molecule has 1 aliphatic heterocycles. The molecule has 0 aliphatic carbocycles. The molecule has 2 heterocycles. The van der Waals surface area contributed by atoms with Crippen molar-refractivity contribution < 1.29 is 8.42 Å². The lowest BCUT2D eigenvalue weighted by atomic mass is 9.92. The number of thiazole rings is 1. The third kappa shape index (κ3) is 6.49. The van der Waals surface area contributed by atoms with Crippen molar-refractivity contribution >= 4 is 21.4 Å². The Kier molecular flexibility index (Phi) is 7.00. The molecule has 2 atom stereocenters. The van der Waals surface area contributed by atoms with Crippen LogP contribution in [0.5, 0.6) is 0 Å². The SMILES string of the molecule is Cc1ncsc1CCS(=O)(=O)NCCCN1CC(C)CC(C)C1. The van der Waals surface area contributed by atoms with Crippen molar-refractivity contribution in [3.8, 4) is 0 Å². The van der Waals surface area contributed by atoms with E-state index in [9.17, 15) is 8.42 Å². The van der Waals surface area contributed by atoms with Gasteiger partial charge in [-0.1, -0.05) is 13.8 Å². The van der Waals surface area contributed by atoms with Gasteiger partial charge < -0.3 is 4.90 Å². The van der Waals surface area contributed by atoms with Crippen LogP contribution in [0.4, 0.5) is 0 Å². The number of hydrogen-bond acceptors (Lipinski definition) is 5. The maximum Gasteiger partial charge on any atom is 0.211 e. The van der Waals surface area contributed by atoms with Gasteiger partial charge in [-0.3, -0.25) is 0 Å². The summed E-state index contributed by atoms with van der Waals surface area (Å²) in [7, 11) is -3.19. The number of nitrogens with zero attached hydrogens (tertiary/aromatic N) is 2. The average Bonchev–Trinajstić information content (AvgIpc) is 2.86. The maximum atomic E-state index is 12.1. The zero-order valence-corrected chi connectivity index (χ0v) is 16.0. The van der Waals surface area contributed by atoms with Crippen LogP contribution in [0.1, 0.15) is 37.3 Å². The standard InChI is InChI=1S/C16H29N3O2S2/c1-13-9-14(2)11-19(10-13)7-4-6-18-23(20,21)8-5-16-15(3)17-12-22-16/h12-14,18H,4-11H2,1-3H3. The first-order valence-corrected chi connectivity index (χ1v) is 11.0. The van der Waals surface area contributed by atoms with Gasteiger partial charge in [0, 0.05) is 24.5 Å². The summed E-state index contributed by atoms with van der Waals surface area (Å²) >= 11 is 1.53. The van der Waals surface area contributed by atoms with E-state index >= 15 is 0 Å². The topological polar surface area (TPSA) is 62.3 Å². The zero-order chi connectivity index (χ0) is 16.9. The second-order valence-corrected chi connectivity index (χ2v) is 9.75. The summed E-state index contributed by atoms with van der Waals surface area (Å²) in [5, 5.41) is 0. The predicted molar refractivity (Wildman–Crippen MR) is 96.3 cm³/mol. The minimum Gasteiger partial charge on any atom is -0.303 e. The fourth-order valence-electron chi connectivity index (χ4n) is 3.37. The van der Waals surface area contributed by atoms with E-state index in [1.54, 1.807) is 5.51 Å². The summed E-state index contributed by atoms with van der Waals surface area (Å²) in [6.07, 6.45) is 2.73. The van der Waals surface area contributed by atoms with Gasteiger partial charge >= 0.3 is 0 Å². The molecule has 1 N–H and O–H groups in total. The van der Waals surface area contributed by atoms with Gasteiger partial charge in [0.1, 0.15) is 0 Å². The highest BCUT2D eigenvalue weighted by atomic mass is 32.2. The molecule has 0 aromatic carbocycles. The molecule has 23 heavy (non-hydrogen) atoms. The molecule has 132 valence electrons. The molecular formula is C16H29N3O2S2. The van der Waals surface area contributed by atoms with Gasteiger partial charge in [-0.15, -0.1) is 11.3 Å². The van der Waals surface area contributed by atoms with Gasteiger partial charge in [0.15, 0.2) is 0 Å². The molecule has 0 amide bonds. The Morgan fingerprint density at radius 1 is 1.35 bits per heavy atom. The Labute approximate surface area is 144 Å². The third-order valence-corrected chi connectivity index (χ3v) is 6.74. The van der Waals surface area contributed by atoms with E-state index in [1.807, 2.05) is 6.92 Å². The Bertz CT molecular complexity index is 576. The number of aromatic nitrogens is 1. The number of piperidine rings is 1. The van der Waals surface area contributed by atoms with Gasteiger partial charge in [-0.25, -0.2) is 18.1 Å². The summed E-state index contributed by atoms with van der Waals surface area (Å²) in [6, 6.07) is 0. The van der Waals surface area contributed by atoms with Crippen molar-refractivity contribution in [3.63, 3.8) is 0 Å². The lowest BCUT2D eigenvalue weighted by molar-refractivity contribution is 0.140. The average molecular weight is 360 g/mol. The summed E-state index contributed by atoms with van der Waals surface area (Å²) in [5.74, 6) is 1.64. The van der Waals surface area contributed by atoms with E-state index < -0.39 is 10.0 Å². The smallest absolute Gasteiger partial charge is 0.211 e. The van der Waals surface area contributed by atoms with Crippen LogP contribution in [0.15, 0.2) is 5.51 Å². The minimum atomic E-state index is -3.19. The molecule has 0 saturated carbocycles. The second-order valence-electron chi connectivity index (χ2n) is 6.88. The van der Waals surface area contributed by atoms with Gasteiger partial charge in [0.25, 0.3) is 0 Å². The number of hydrogen-bond donors (Lipinski definition) is 1. The summed E-state index contributed by atoms with van der Waals surface area (Å²) in [5.41, 5.74) is 2.71. The Balaban J connectivity index is 1.65. The maximum absolute atomic E-state index is 12.1.